The number of carbonyl (C=O) groups excluding carboxylic acids is 2. The molecule has 1 aromatic heterocycles. The van der Waals surface area contributed by atoms with Gasteiger partial charge in [-0.15, -0.1) is 0 Å². The van der Waals surface area contributed by atoms with Crippen molar-refractivity contribution in [1.82, 2.24) is 0 Å². The van der Waals surface area contributed by atoms with E-state index in [2.05, 4.69) is 0 Å². The molecule has 80 valence electrons. The van der Waals surface area contributed by atoms with Gasteiger partial charge in [0.25, 0.3) is 0 Å². The van der Waals surface area contributed by atoms with Crippen molar-refractivity contribution in [2.75, 3.05) is 0 Å². The number of aldehydes is 1. The van der Waals surface area contributed by atoms with Crippen LogP contribution in [0.4, 0.5) is 0 Å². The van der Waals surface area contributed by atoms with Crippen molar-refractivity contribution < 1.29 is 14.0 Å². The Kier molecular flexibility index (Phi) is 2.68. The minimum absolute atomic E-state index is 0.113. The summed E-state index contributed by atoms with van der Waals surface area (Å²) in [6.45, 7) is 1.45. The smallest absolute Gasteiger partial charge is 0.194 e. The summed E-state index contributed by atoms with van der Waals surface area (Å²) in [4.78, 5) is 21.7. The monoisotopic (exact) mass is 214 g/mol. The van der Waals surface area contributed by atoms with E-state index in [1.165, 1.54) is 6.92 Å². The number of carbonyl (C=O) groups is 2. The van der Waals surface area contributed by atoms with Gasteiger partial charge in [0.15, 0.2) is 11.5 Å². The summed E-state index contributed by atoms with van der Waals surface area (Å²) in [5.41, 5.74) is 1.37. The zero-order valence-corrected chi connectivity index (χ0v) is 8.77. The molecule has 0 radical (unpaired) electrons. The lowest BCUT2D eigenvalue weighted by Crippen LogP contribution is -1.86. The number of benzene rings is 1. The van der Waals surface area contributed by atoms with Crippen LogP contribution in [-0.2, 0) is 0 Å². The van der Waals surface area contributed by atoms with Crippen LogP contribution in [0, 0.1) is 0 Å². The molecule has 0 aliphatic rings. The van der Waals surface area contributed by atoms with Crippen molar-refractivity contribution in [3.8, 4) is 11.3 Å². The summed E-state index contributed by atoms with van der Waals surface area (Å²) in [7, 11) is 0. The van der Waals surface area contributed by atoms with E-state index in [1.807, 2.05) is 6.07 Å². The van der Waals surface area contributed by atoms with Crippen LogP contribution in [0.2, 0.25) is 0 Å². The SMILES string of the molecule is CC(=O)c1ccc(-c2cccc(C=O)c2)o1. The third kappa shape index (κ3) is 1.93. The molecule has 0 bridgehead atoms. The largest absolute Gasteiger partial charge is 0.453 e. The van der Waals surface area contributed by atoms with Crippen molar-refractivity contribution in [2.45, 2.75) is 6.92 Å². The second-order valence-corrected chi connectivity index (χ2v) is 3.46. The average Bonchev–Trinajstić information content (AvgIpc) is 2.78. The average molecular weight is 214 g/mol. The van der Waals surface area contributed by atoms with Crippen LogP contribution >= 0.6 is 0 Å². The highest BCUT2D eigenvalue weighted by Crippen LogP contribution is 2.22. The first-order valence-corrected chi connectivity index (χ1v) is 4.87. The van der Waals surface area contributed by atoms with Gasteiger partial charge in [-0.2, -0.15) is 0 Å². The molecule has 16 heavy (non-hydrogen) atoms. The number of rotatable bonds is 3. The normalized spacial score (nSPS) is 10.1. The van der Waals surface area contributed by atoms with Crippen LogP contribution in [0.3, 0.4) is 0 Å². The summed E-state index contributed by atoms with van der Waals surface area (Å²) in [5, 5.41) is 0. The van der Waals surface area contributed by atoms with E-state index < -0.39 is 0 Å². The molecular weight excluding hydrogens is 204 g/mol. The maximum absolute atomic E-state index is 11.1. The Hall–Kier alpha value is -2.16. The van der Waals surface area contributed by atoms with Crippen molar-refractivity contribution in [1.29, 1.82) is 0 Å². The second kappa shape index (κ2) is 4.14. The highest BCUT2D eigenvalue weighted by molar-refractivity contribution is 5.91. The molecule has 0 unspecified atom stereocenters. The summed E-state index contributed by atoms with van der Waals surface area (Å²) in [5.74, 6) is 0.804. The molecule has 1 aromatic carbocycles. The lowest BCUT2D eigenvalue weighted by Gasteiger charge is -1.97. The lowest BCUT2D eigenvalue weighted by atomic mass is 10.1. The molecule has 3 heteroatoms. The van der Waals surface area contributed by atoms with Gasteiger partial charge >= 0.3 is 0 Å². The number of Topliss-reactive ketones (excluding diaryl/α,β-unsaturated/α-hetero) is 1. The molecule has 0 amide bonds. The number of hydrogen-bond donors (Lipinski definition) is 0. The Morgan fingerprint density at radius 1 is 1.25 bits per heavy atom. The Morgan fingerprint density at radius 2 is 2.06 bits per heavy atom. The van der Waals surface area contributed by atoms with Crippen LogP contribution in [0.15, 0.2) is 40.8 Å². The summed E-state index contributed by atoms with van der Waals surface area (Å²) in [6, 6.07) is 10.4. The maximum atomic E-state index is 11.1. The minimum atomic E-state index is -0.113. The van der Waals surface area contributed by atoms with Crippen LogP contribution in [0.1, 0.15) is 27.8 Å². The van der Waals surface area contributed by atoms with E-state index in [0.717, 1.165) is 11.8 Å². The van der Waals surface area contributed by atoms with Gasteiger partial charge in [0, 0.05) is 18.1 Å². The van der Waals surface area contributed by atoms with Gasteiger partial charge in [-0.3, -0.25) is 9.59 Å². The van der Waals surface area contributed by atoms with Crippen LogP contribution in [0.25, 0.3) is 11.3 Å². The number of hydrogen-bond acceptors (Lipinski definition) is 3. The van der Waals surface area contributed by atoms with Gasteiger partial charge in [0.05, 0.1) is 0 Å². The van der Waals surface area contributed by atoms with E-state index in [0.29, 0.717) is 17.1 Å². The third-order valence-corrected chi connectivity index (χ3v) is 2.26. The zero-order chi connectivity index (χ0) is 11.5. The highest BCUT2D eigenvalue weighted by Gasteiger charge is 2.08. The minimum Gasteiger partial charge on any atom is -0.453 e. The van der Waals surface area contributed by atoms with Gasteiger partial charge in [0.2, 0.25) is 0 Å². The fourth-order valence-electron chi connectivity index (χ4n) is 1.45. The molecule has 0 saturated carbocycles. The Balaban J connectivity index is 2.42. The molecule has 0 saturated heterocycles. The van der Waals surface area contributed by atoms with Gasteiger partial charge in [-0.1, -0.05) is 18.2 Å². The predicted molar refractivity (Wildman–Crippen MR) is 59.5 cm³/mol. The van der Waals surface area contributed by atoms with E-state index in [4.69, 9.17) is 4.42 Å². The standard InChI is InChI=1S/C13H10O3/c1-9(15)12-5-6-13(16-12)11-4-2-3-10(7-11)8-14/h2-8H,1H3. The van der Waals surface area contributed by atoms with Gasteiger partial charge in [-0.05, 0) is 18.2 Å². The summed E-state index contributed by atoms with van der Waals surface area (Å²) >= 11 is 0. The maximum Gasteiger partial charge on any atom is 0.194 e. The van der Waals surface area contributed by atoms with Crippen molar-refractivity contribution in [3.63, 3.8) is 0 Å². The number of ketones is 1. The summed E-state index contributed by atoms with van der Waals surface area (Å²) < 4.78 is 5.37. The topological polar surface area (TPSA) is 47.3 Å². The molecular formula is C13H10O3. The molecule has 0 N–H and O–H groups in total. The Bertz CT molecular complexity index is 538. The first-order valence-electron chi connectivity index (χ1n) is 4.87. The summed E-state index contributed by atoms with van der Waals surface area (Å²) in [6.07, 6.45) is 0.776. The fourth-order valence-corrected chi connectivity index (χ4v) is 1.45. The Morgan fingerprint density at radius 3 is 2.69 bits per heavy atom. The highest BCUT2D eigenvalue weighted by atomic mass is 16.3. The van der Waals surface area contributed by atoms with E-state index in [1.54, 1.807) is 30.3 Å². The molecule has 3 nitrogen and oxygen atoms in total. The third-order valence-electron chi connectivity index (χ3n) is 2.26. The van der Waals surface area contributed by atoms with Gasteiger partial charge < -0.3 is 4.42 Å². The molecule has 0 atom stereocenters. The van der Waals surface area contributed by atoms with E-state index in [-0.39, 0.29) is 5.78 Å². The molecule has 0 aliphatic heterocycles. The first-order chi connectivity index (χ1) is 7.70. The Labute approximate surface area is 92.7 Å². The second-order valence-electron chi connectivity index (χ2n) is 3.46. The van der Waals surface area contributed by atoms with Gasteiger partial charge in [-0.25, -0.2) is 0 Å². The molecule has 0 spiro atoms. The van der Waals surface area contributed by atoms with Crippen molar-refractivity contribution in [3.05, 3.63) is 47.7 Å². The molecule has 2 rings (SSSR count). The molecule has 0 fully saturated rings. The molecule has 1 heterocycles. The number of furan rings is 1. The van der Waals surface area contributed by atoms with Crippen LogP contribution in [0.5, 0.6) is 0 Å². The fraction of sp³-hybridized carbons (Fsp3) is 0.0769. The zero-order valence-electron chi connectivity index (χ0n) is 8.77. The predicted octanol–water partition coefficient (Wildman–Crippen LogP) is 2.96. The first kappa shape index (κ1) is 10.4. The van der Waals surface area contributed by atoms with E-state index in [9.17, 15) is 9.59 Å². The molecule has 2 aromatic rings. The van der Waals surface area contributed by atoms with Crippen LogP contribution < -0.4 is 0 Å². The van der Waals surface area contributed by atoms with E-state index >= 15 is 0 Å². The van der Waals surface area contributed by atoms with Gasteiger partial charge in [0.1, 0.15) is 12.0 Å². The van der Waals surface area contributed by atoms with Crippen molar-refractivity contribution >= 4 is 12.1 Å². The van der Waals surface area contributed by atoms with Crippen LogP contribution in [-0.4, -0.2) is 12.1 Å². The molecule has 0 aliphatic carbocycles. The lowest BCUT2D eigenvalue weighted by molar-refractivity contribution is 0.0987. The van der Waals surface area contributed by atoms with Crippen molar-refractivity contribution in [2.24, 2.45) is 0 Å². The quantitative estimate of drug-likeness (QED) is 0.583.